The lowest BCUT2D eigenvalue weighted by atomic mass is 10.1. The van der Waals surface area contributed by atoms with Crippen LogP contribution in [0, 0.1) is 0 Å². The van der Waals surface area contributed by atoms with Gasteiger partial charge in [-0.3, -0.25) is 4.79 Å². The summed E-state index contributed by atoms with van der Waals surface area (Å²) in [7, 11) is -1.29. The Hall–Kier alpha value is -3.78. The Morgan fingerprint density at radius 3 is 2.24 bits per heavy atom. The molecule has 0 saturated heterocycles. The number of allylic oxidation sites excluding steroid dienone is 1. The topological polar surface area (TPSA) is 88.1 Å². The van der Waals surface area contributed by atoms with Gasteiger partial charge in [0.2, 0.25) is 0 Å². The summed E-state index contributed by atoms with van der Waals surface area (Å²) in [4.78, 5) is 12.4. The number of ether oxygens (including phenoxy) is 3. The number of carbonyl (C=O) groups excluding carboxylic acids is 1. The predicted molar refractivity (Wildman–Crippen MR) is 125 cm³/mol. The van der Waals surface area contributed by atoms with Gasteiger partial charge in [-0.1, -0.05) is 18.2 Å². The standard InChI is InChI=1S/C25H24O7S/c1-4-31-20-12-9-18(10-13-20)22(26)15-11-19-7-5-6-8-23(19)32-33(27,28)21-14-16-24(29-2)25(17-21)30-3/h5-17H,4H2,1-3H3/b15-11+. The SMILES string of the molecule is CCOc1ccc(C(=O)/C=C/c2ccccc2OS(=O)(=O)c2ccc(OC)c(OC)c2)cc1. The van der Waals surface area contributed by atoms with Crippen LogP contribution in [0.5, 0.6) is 23.0 Å². The molecule has 0 aromatic heterocycles. The van der Waals surface area contributed by atoms with E-state index in [2.05, 4.69) is 0 Å². The summed E-state index contributed by atoms with van der Waals surface area (Å²) in [6, 6.07) is 17.5. The Morgan fingerprint density at radius 1 is 0.879 bits per heavy atom. The van der Waals surface area contributed by atoms with Crippen molar-refractivity contribution in [3.8, 4) is 23.0 Å². The minimum atomic E-state index is -4.16. The first-order valence-corrected chi connectivity index (χ1v) is 11.5. The Morgan fingerprint density at radius 2 is 1.58 bits per heavy atom. The molecule has 0 radical (unpaired) electrons. The van der Waals surface area contributed by atoms with Gasteiger partial charge in [0.1, 0.15) is 16.4 Å². The van der Waals surface area contributed by atoms with Crippen molar-refractivity contribution in [2.75, 3.05) is 20.8 Å². The monoisotopic (exact) mass is 468 g/mol. The maximum atomic E-state index is 12.8. The van der Waals surface area contributed by atoms with Crippen LogP contribution in [0.15, 0.2) is 77.7 Å². The number of ketones is 1. The van der Waals surface area contributed by atoms with Crippen molar-refractivity contribution in [2.24, 2.45) is 0 Å². The van der Waals surface area contributed by atoms with Gasteiger partial charge < -0.3 is 18.4 Å². The number of methoxy groups -OCH3 is 2. The number of hydrogen-bond donors (Lipinski definition) is 0. The highest BCUT2D eigenvalue weighted by Gasteiger charge is 2.20. The van der Waals surface area contributed by atoms with E-state index < -0.39 is 10.1 Å². The molecule has 0 unspecified atom stereocenters. The minimum Gasteiger partial charge on any atom is -0.494 e. The molecular formula is C25H24O7S. The zero-order valence-electron chi connectivity index (χ0n) is 18.5. The van der Waals surface area contributed by atoms with Crippen LogP contribution in [0.3, 0.4) is 0 Å². The molecule has 3 aromatic carbocycles. The molecule has 172 valence electrons. The van der Waals surface area contributed by atoms with Crippen LogP contribution in [-0.4, -0.2) is 35.0 Å². The van der Waals surface area contributed by atoms with Crippen molar-refractivity contribution in [3.05, 3.63) is 83.9 Å². The van der Waals surface area contributed by atoms with E-state index in [-0.39, 0.29) is 22.2 Å². The first kappa shape index (κ1) is 23.9. The average molecular weight is 469 g/mol. The summed E-state index contributed by atoms with van der Waals surface area (Å²) in [6.45, 7) is 2.42. The molecule has 0 aliphatic carbocycles. The molecule has 0 aliphatic rings. The maximum Gasteiger partial charge on any atom is 0.339 e. The Balaban J connectivity index is 1.82. The van der Waals surface area contributed by atoms with E-state index in [0.717, 1.165) is 0 Å². The Labute approximate surface area is 193 Å². The summed E-state index contributed by atoms with van der Waals surface area (Å²) in [5, 5.41) is 0. The summed E-state index contributed by atoms with van der Waals surface area (Å²) >= 11 is 0. The first-order valence-electron chi connectivity index (χ1n) is 10.1. The largest absolute Gasteiger partial charge is 0.494 e. The molecule has 0 bridgehead atoms. The van der Waals surface area contributed by atoms with Crippen molar-refractivity contribution in [1.29, 1.82) is 0 Å². The molecule has 3 rings (SSSR count). The van der Waals surface area contributed by atoms with Crippen molar-refractivity contribution < 1.29 is 31.6 Å². The fourth-order valence-corrected chi connectivity index (χ4v) is 3.95. The number of hydrogen-bond acceptors (Lipinski definition) is 7. The second-order valence-electron chi connectivity index (χ2n) is 6.75. The van der Waals surface area contributed by atoms with Crippen LogP contribution >= 0.6 is 0 Å². The van der Waals surface area contributed by atoms with Crippen molar-refractivity contribution in [2.45, 2.75) is 11.8 Å². The van der Waals surface area contributed by atoms with Gasteiger partial charge in [0, 0.05) is 17.2 Å². The average Bonchev–Trinajstić information content (AvgIpc) is 2.83. The minimum absolute atomic E-state index is 0.0861. The fraction of sp³-hybridized carbons (Fsp3) is 0.160. The highest BCUT2D eigenvalue weighted by atomic mass is 32.2. The molecule has 8 heteroatoms. The van der Waals surface area contributed by atoms with Gasteiger partial charge in [0.25, 0.3) is 0 Å². The molecule has 3 aromatic rings. The smallest absolute Gasteiger partial charge is 0.339 e. The van der Waals surface area contributed by atoms with E-state index in [1.165, 1.54) is 50.6 Å². The third-order valence-corrected chi connectivity index (χ3v) is 5.86. The van der Waals surface area contributed by atoms with Crippen LogP contribution in [0.1, 0.15) is 22.8 Å². The summed E-state index contributed by atoms with van der Waals surface area (Å²) < 4.78 is 46.8. The molecule has 0 saturated carbocycles. The third-order valence-electron chi connectivity index (χ3n) is 4.63. The Bertz CT molecular complexity index is 1250. The quantitative estimate of drug-likeness (QED) is 0.241. The summed E-state index contributed by atoms with van der Waals surface area (Å²) in [6.07, 6.45) is 2.87. The molecule has 0 spiro atoms. The lowest BCUT2D eigenvalue weighted by molar-refractivity contribution is 0.104. The maximum absolute atomic E-state index is 12.8. The highest BCUT2D eigenvalue weighted by Crippen LogP contribution is 2.31. The van der Waals surface area contributed by atoms with E-state index in [4.69, 9.17) is 18.4 Å². The zero-order chi connectivity index (χ0) is 23.8. The van der Waals surface area contributed by atoms with Gasteiger partial charge in [-0.2, -0.15) is 8.42 Å². The number of carbonyl (C=O) groups is 1. The molecule has 0 heterocycles. The van der Waals surface area contributed by atoms with Gasteiger partial charge >= 0.3 is 10.1 Å². The van der Waals surface area contributed by atoms with Crippen LogP contribution < -0.4 is 18.4 Å². The molecule has 0 aliphatic heterocycles. The lowest BCUT2D eigenvalue weighted by Gasteiger charge is -2.12. The fourth-order valence-electron chi connectivity index (χ4n) is 2.98. The zero-order valence-corrected chi connectivity index (χ0v) is 19.3. The van der Waals surface area contributed by atoms with Crippen LogP contribution in [-0.2, 0) is 10.1 Å². The molecule has 0 fully saturated rings. The van der Waals surface area contributed by atoms with Crippen molar-refractivity contribution in [3.63, 3.8) is 0 Å². The number of para-hydroxylation sites is 1. The molecule has 0 amide bonds. The number of rotatable bonds is 10. The van der Waals surface area contributed by atoms with E-state index in [0.29, 0.717) is 29.2 Å². The highest BCUT2D eigenvalue weighted by molar-refractivity contribution is 7.87. The van der Waals surface area contributed by atoms with Gasteiger partial charge in [0.15, 0.2) is 17.3 Å². The van der Waals surface area contributed by atoms with Crippen LogP contribution in [0.4, 0.5) is 0 Å². The van der Waals surface area contributed by atoms with Crippen molar-refractivity contribution >= 4 is 22.0 Å². The van der Waals surface area contributed by atoms with E-state index in [1.54, 1.807) is 42.5 Å². The molecule has 7 nitrogen and oxygen atoms in total. The number of benzene rings is 3. The molecular weight excluding hydrogens is 444 g/mol. The van der Waals surface area contributed by atoms with Gasteiger partial charge in [0.05, 0.1) is 20.8 Å². The molecule has 33 heavy (non-hydrogen) atoms. The third kappa shape index (κ3) is 5.93. The van der Waals surface area contributed by atoms with Crippen LogP contribution in [0.2, 0.25) is 0 Å². The van der Waals surface area contributed by atoms with Gasteiger partial charge in [-0.05, 0) is 61.5 Å². The second-order valence-corrected chi connectivity index (χ2v) is 8.29. The van der Waals surface area contributed by atoms with E-state index in [1.807, 2.05) is 6.92 Å². The lowest BCUT2D eigenvalue weighted by Crippen LogP contribution is -2.11. The van der Waals surface area contributed by atoms with Gasteiger partial charge in [-0.25, -0.2) is 0 Å². The van der Waals surface area contributed by atoms with E-state index in [9.17, 15) is 13.2 Å². The summed E-state index contributed by atoms with van der Waals surface area (Å²) in [5.74, 6) is 1.18. The second kappa shape index (κ2) is 10.7. The molecule has 0 atom stereocenters. The predicted octanol–water partition coefficient (Wildman–Crippen LogP) is 4.77. The van der Waals surface area contributed by atoms with Gasteiger partial charge in [-0.15, -0.1) is 0 Å². The Kier molecular flexibility index (Phi) is 7.74. The molecule has 0 N–H and O–H groups in total. The van der Waals surface area contributed by atoms with E-state index >= 15 is 0 Å². The summed E-state index contributed by atoms with van der Waals surface area (Å²) in [5.41, 5.74) is 0.909. The normalized spacial score (nSPS) is 11.2. The first-order chi connectivity index (χ1) is 15.9. The van der Waals surface area contributed by atoms with Crippen molar-refractivity contribution in [1.82, 2.24) is 0 Å². The van der Waals surface area contributed by atoms with Crippen LogP contribution in [0.25, 0.3) is 6.08 Å².